The Morgan fingerprint density at radius 1 is 1.31 bits per heavy atom. The van der Waals surface area contributed by atoms with Crippen molar-refractivity contribution in [3.8, 4) is 0 Å². The van der Waals surface area contributed by atoms with Crippen molar-refractivity contribution < 1.29 is 4.74 Å². The van der Waals surface area contributed by atoms with Crippen LogP contribution in [-0.2, 0) is 4.74 Å². The molecule has 2 atom stereocenters. The van der Waals surface area contributed by atoms with Gasteiger partial charge in [-0.1, -0.05) is 30.7 Å². The Kier molecular flexibility index (Phi) is 2.56. The highest BCUT2D eigenvalue weighted by Crippen LogP contribution is 2.32. The fourth-order valence-electron chi connectivity index (χ4n) is 1.69. The van der Waals surface area contributed by atoms with Gasteiger partial charge in [0.25, 0.3) is 0 Å². The molecule has 0 aromatic heterocycles. The maximum atomic E-state index is 5.81. The first-order valence-corrected chi connectivity index (χ1v) is 5.00. The monoisotopic (exact) mass is 196 g/mol. The lowest BCUT2D eigenvalue weighted by Crippen LogP contribution is -1.94. The summed E-state index contributed by atoms with van der Waals surface area (Å²) in [6.07, 6.45) is 1.41. The lowest BCUT2D eigenvalue weighted by atomic mass is 10.0. The molecular weight excluding hydrogens is 184 g/mol. The summed E-state index contributed by atoms with van der Waals surface area (Å²) in [5, 5.41) is 0.787. The molecule has 1 fully saturated rings. The van der Waals surface area contributed by atoms with Crippen LogP contribution in [0.5, 0.6) is 0 Å². The molecule has 0 radical (unpaired) electrons. The molecule has 0 amide bonds. The largest absolute Gasteiger partial charge is 0.373 e. The summed E-state index contributed by atoms with van der Waals surface area (Å²) >= 11 is 5.81. The van der Waals surface area contributed by atoms with E-state index in [4.69, 9.17) is 16.3 Å². The Balaban J connectivity index is 2.13. The van der Waals surface area contributed by atoms with Gasteiger partial charge in [0.1, 0.15) is 0 Å². The molecule has 0 bridgehead atoms. The van der Waals surface area contributed by atoms with Gasteiger partial charge in [0.05, 0.1) is 12.7 Å². The SMILES string of the molecule is CC1CO[C@@H](c2ccc(Cl)cc2)C1. The van der Waals surface area contributed by atoms with Crippen LogP contribution < -0.4 is 0 Å². The van der Waals surface area contributed by atoms with Gasteiger partial charge in [-0.25, -0.2) is 0 Å². The predicted molar refractivity (Wildman–Crippen MR) is 53.9 cm³/mol. The highest BCUT2D eigenvalue weighted by Gasteiger charge is 2.22. The van der Waals surface area contributed by atoms with Crippen LogP contribution in [0.4, 0.5) is 0 Å². The van der Waals surface area contributed by atoms with Crippen molar-refractivity contribution in [2.75, 3.05) is 6.61 Å². The number of hydrogen-bond donors (Lipinski definition) is 0. The smallest absolute Gasteiger partial charge is 0.0828 e. The minimum absolute atomic E-state index is 0.285. The van der Waals surface area contributed by atoms with Gasteiger partial charge in [-0.2, -0.15) is 0 Å². The maximum Gasteiger partial charge on any atom is 0.0828 e. The van der Waals surface area contributed by atoms with Gasteiger partial charge in [-0.05, 0) is 30.0 Å². The summed E-state index contributed by atoms with van der Waals surface area (Å²) in [5.41, 5.74) is 1.24. The van der Waals surface area contributed by atoms with Crippen LogP contribution >= 0.6 is 11.6 Å². The van der Waals surface area contributed by atoms with Crippen LogP contribution in [0.3, 0.4) is 0 Å². The van der Waals surface area contributed by atoms with E-state index in [1.165, 1.54) is 5.56 Å². The third kappa shape index (κ3) is 2.04. The molecule has 1 unspecified atom stereocenters. The molecule has 1 aromatic rings. The molecule has 13 heavy (non-hydrogen) atoms. The van der Waals surface area contributed by atoms with Crippen LogP contribution in [0.15, 0.2) is 24.3 Å². The quantitative estimate of drug-likeness (QED) is 0.669. The Morgan fingerprint density at radius 3 is 2.54 bits per heavy atom. The molecule has 0 N–H and O–H groups in total. The molecule has 1 saturated heterocycles. The zero-order chi connectivity index (χ0) is 9.26. The molecular formula is C11H13ClO. The lowest BCUT2D eigenvalue weighted by Gasteiger charge is -2.08. The fraction of sp³-hybridized carbons (Fsp3) is 0.455. The molecule has 0 spiro atoms. The molecule has 1 aliphatic heterocycles. The third-order valence-electron chi connectivity index (χ3n) is 2.44. The highest BCUT2D eigenvalue weighted by molar-refractivity contribution is 6.30. The molecule has 2 heteroatoms. The van der Waals surface area contributed by atoms with E-state index in [1.54, 1.807) is 0 Å². The van der Waals surface area contributed by atoms with E-state index in [9.17, 15) is 0 Å². The van der Waals surface area contributed by atoms with Crippen LogP contribution in [0, 0.1) is 5.92 Å². The predicted octanol–water partition coefficient (Wildman–Crippen LogP) is 3.44. The number of halogens is 1. The van der Waals surface area contributed by atoms with Gasteiger partial charge in [0.2, 0.25) is 0 Å². The van der Waals surface area contributed by atoms with E-state index in [1.807, 2.05) is 24.3 Å². The Hall–Kier alpha value is -0.530. The molecule has 2 rings (SSSR count). The van der Waals surface area contributed by atoms with E-state index in [0.717, 1.165) is 18.1 Å². The third-order valence-corrected chi connectivity index (χ3v) is 2.69. The summed E-state index contributed by atoms with van der Waals surface area (Å²) < 4.78 is 5.65. The van der Waals surface area contributed by atoms with Gasteiger partial charge < -0.3 is 4.74 Å². The molecule has 1 aliphatic rings. The van der Waals surface area contributed by atoms with Crippen molar-refractivity contribution in [3.63, 3.8) is 0 Å². The average Bonchev–Trinajstić information content (AvgIpc) is 2.53. The van der Waals surface area contributed by atoms with Crippen molar-refractivity contribution in [1.29, 1.82) is 0 Å². The second kappa shape index (κ2) is 3.69. The normalized spacial score (nSPS) is 27.8. The molecule has 1 heterocycles. The number of rotatable bonds is 1. The Labute approximate surface area is 83.7 Å². The number of benzene rings is 1. The summed E-state index contributed by atoms with van der Waals surface area (Å²) in [6.45, 7) is 3.10. The second-order valence-electron chi connectivity index (χ2n) is 3.71. The summed E-state index contributed by atoms with van der Waals surface area (Å²) in [5.74, 6) is 0.681. The first kappa shape index (κ1) is 9.04. The summed E-state index contributed by atoms with van der Waals surface area (Å²) in [7, 11) is 0. The Morgan fingerprint density at radius 2 is 2.00 bits per heavy atom. The maximum absolute atomic E-state index is 5.81. The Bertz CT molecular complexity index is 281. The van der Waals surface area contributed by atoms with Crippen molar-refractivity contribution >= 4 is 11.6 Å². The van der Waals surface area contributed by atoms with Crippen LogP contribution in [0.1, 0.15) is 25.0 Å². The minimum atomic E-state index is 0.285. The topological polar surface area (TPSA) is 9.23 Å². The van der Waals surface area contributed by atoms with Crippen molar-refractivity contribution in [2.24, 2.45) is 5.92 Å². The van der Waals surface area contributed by atoms with E-state index in [0.29, 0.717) is 5.92 Å². The van der Waals surface area contributed by atoms with Gasteiger partial charge in [0, 0.05) is 5.02 Å². The molecule has 0 aliphatic carbocycles. The number of ether oxygens (including phenoxy) is 1. The van der Waals surface area contributed by atoms with Crippen LogP contribution in [-0.4, -0.2) is 6.61 Å². The summed E-state index contributed by atoms with van der Waals surface area (Å²) in [6, 6.07) is 7.93. The number of hydrogen-bond acceptors (Lipinski definition) is 1. The lowest BCUT2D eigenvalue weighted by molar-refractivity contribution is 0.108. The molecule has 0 saturated carbocycles. The van der Waals surface area contributed by atoms with E-state index >= 15 is 0 Å². The van der Waals surface area contributed by atoms with Gasteiger partial charge >= 0.3 is 0 Å². The summed E-state index contributed by atoms with van der Waals surface area (Å²) in [4.78, 5) is 0. The van der Waals surface area contributed by atoms with E-state index in [2.05, 4.69) is 6.92 Å². The zero-order valence-corrected chi connectivity index (χ0v) is 8.42. The molecule has 1 aromatic carbocycles. The van der Waals surface area contributed by atoms with Crippen molar-refractivity contribution in [3.05, 3.63) is 34.9 Å². The van der Waals surface area contributed by atoms with Crippen LogP contribution in [0.2, 0.25) is 5.02 Å². The van der Waals surface area contributed by atoms with Crippen molar-refractivity contribution in [2.45, 2.75) is 19.4 Å². The second-order valence-corrected chi connectivity index (χ2v) is 4.15. The van der Waals surface area contributed by atoms with E-state index < -0.39 is 0 Å². The first-order chi connectivity index (χ1) is 6.25. The first-order valence-electron chi connectivity index (χ1n) is 4.63. The zero-order valence-electron chi connectivity index (χ0n) is 7.66. The van der Waals surface area contributed by atoms with Crippen LogP contribution in [0.25, 0.3) is 0 Å². The van der Waals surface area contributed by atoms with Gasteiger partial charge in [0.15, 0.2) is 0 Å². The molecule has 1 nitrogen and oxygen atoms in total. The minimum Gasteiger partial charge on any atom is -0.373 e. The van der Waals surface area contributed by atoms with Gasteiger partial charge in [-0.15, -0.1) is 0 Å². The van der Waals surface area contributed by atoms with E-state index in [-0.39, 0.29) is 6.10 Å². The highest BCUT2D eigenvalue weighted by atomic mass is 35.5. The molecule has 70 valence electrons. The standard InChI is InChI=1S/C11H13ClO/c1-8-6-11(13-7-8)9-2-4-10(12)5-3-9/h2-5,8,11H,6-7H2,1H3/t8?,11-/m1/s1. The van der Waals surface area contributed by atoms with Gasteiger partial charge in [-0.3, -0.25) is 0 Å². The average molecular weight is 197 g/mol. The fourth-order valence-corrected chi connectivity index (χ4v) is 1.82. The van der Waals surface area contributed by atoms with Crippen molar-refractivity contribution in [1.82, 2.24) is 0 Å².